The fourth-order valence-electron chi connectivity index (χ4n) is 3.90. The summed E-state index contributed by atoms with van der Waals surface area (Å²) in [6.07, 6.45) is 8.43. The Morgan fingerprint density at radius 3 is 1.61 bits per heavy atom. The molecule has 0 radical (unpaired) electrons. The van der Waals surface area contributed by atoms with Gasteiger partial charge in [0.2, 0.25) is 0 Å². The Hall–Kier alpha value is -4.75. The Balaban J connectivity index is 0.000000189. The molecule has 0 spiro atoms. The first-order chi connectivity index (χ1) is 17.5. The lowest BCUT2D eigenvalue weighted by molar-refractivity contribution is -0.138. The molecule has 7 heteroatoms. The number of aromatic amines is 2. The molecule has 6 rings (SSSR count). The number of carbonyl (C=O) groups is 1. The fourth-order valence-corrected chi connectivity index (χ4v) is 3.90. The number of aromatic nitrogens is 4. The Morgan fingerprint density at radius 2 is 1.14 bits per heavy atom. The number of H-pyrrole nitrogens is 2. The first-order valence-electron chi connectivity index (χ1n) is 11.6. The molecule has 5 N–H and O–H groups in total. The maximum Gasteiger partial charge on any atom is 0.320 e. The van der Waals surface area contributed by atoms with Crippen molar-refractivity contribution in [2.75, 3.05) is 0 Å². The Kier molecular flexibility index (Phi) is 6.55. The molecule has 0 saturated heterocycles. The number of aliphatic carboxylic acids is 1. The number of rotatable bonds is 3. The van der Waals surface area contributed by atoms with Gasteiger partial charge in [0.1, 0.15) is 6.04 Å². The molecule has 4 aromatic rings. The second kappa shape index (κ2) is 10.2. The van der Waals surface area contributed by atoms with Crippen molar-refractivity contribution in [3.05, 3.63) is 107 Å². The Bertz CT molecular complexity index is 1520. The number of hydrogen-bond donors (Lipinski definition) is 4. The summed E-state index contributed by atoms with van der Waals surface area (Å²) >= 11 is 0. The van der Waals surface area contributed by atoms with Gasteiger partial charge in [-0.05, 0) is 84.8 Å². The zero-order chi connectivity index (χ0) is 24.9. The van der Waals surface area contributed by atoms with Crippen molar-refractivity contribution >= 4 is 52.3 Å². The average Bonchev–Trinajstić information content (AvgIpc) is 3.66. The highest BCUT2D eigenvalue weighted by molar-refractivity contribution is 5.77. The van der Waals surface area contributed by atoms with Crippen LogP contribution in [0, 0.1) is 0 Å². The van der Waals surface area contributed by atoms with Gasteiger partial charge in [0.15, 0.2) is 0 Å². The number of hydrogen-bond acceptors (Lipinski definition) is 4. The second-order valence-corrected chi connectivity index (χ2v) is 8.54. The van der Waals surface area contributed by atoms with Gasteiger partial charge in [-0.25, -0.2) is 9.97 Å². The molecular formula is C29H25N5O2. The van der Waals surface area contributed by atoms with Gasteiger partial charge in [-0.15, -0.1) is 0 Å². The molecule has 5 heterocycles. The van der Waals surface area contributed by atoms with Crippen LogP contribution >= 0.6 is 0 Å². The molecule has 178 valence electrons. The molecule has 0 fully saturated rings. The number of nitrogens with two attached hydrogens (primary N) is 1. The summed E-state index contributed by atoms with van der Waals surface area (Å²) in [7, 11) is 0. The average molecular weight is 476 g/mol. The molecule has 2 aliphatic rings. The van der Waals surface area contributed by atoms with Gasteiger partial charge in [0.25, 0.3) is 0 Å². The van der Waals surface area contributed by atoms with Crippen molar-refractivity contribution in [3.63, 3.8) is 0 Å². The van der Waals surface area contributed by atoms with Crippen LogP contribution in [-0.4, -0.2) is 37.1 Å². The Labute approximate surface area is 207 Å². The molecular weight excluding hydrogens is 450 g/mol. The van der Waals surface area contributed by atoms with Crippen molar-refractivity contribution in [2.45, 2.75) is 12.5 Å². The monoisotopic (exact) mass is 475 g/mol. The maximum absolute atomic E-state index is 10.4. The molecule has 7 nitrogen and oxygen atoms in total. The summed E-state index contributed by atoms with van der Waals surface area (Å²) in [4.78, 5) is 26.4. The highest BCUT2D eigenvalue weighted by Crippen LogP contribution is 2.17. The summed E-state index contributed by atoms with van der Waals surface area (Å²) < 4.78 is 0. The topological polar surface area (TPSA) is 121 Å². The molecule has 1 unspecified atom stereocenters. The number of nitrogens with one attached hydrogen (secondary N) is 2. The Morgan fingerprint density at radius 1 is 0.694 bits per heavy atom. The summed E-state index contributed by atoms with van der Waals surface area (Å²) in [5.41, 5.74) is 14.2. The van der Waals surface area contributed by atoms with E-state index in [0.29, 0.717) is 6.42 Å². The van der Waals surface area contributed by atoms with Gasteiger partial charge in [0.05, 0.1) is 22.8 Å². The molecule has 36 heavy (non-hydrogen) atoms. The fraction of sp³-hybridized carbons (Fsp3) is 0.0690. The summed E-state index contributed by atoms with van der Waals surface area (Å²) in [6.45, 7) is 0. The largest absolute Gasteiger partial charge is 0.480 e. The third-order valence-electron chi connectivity index (χ3n) is 5.66. The third kappa shape index (κ3) is 5.84. The minimum absolute atomic E-state index is 0.385. The normalized spacial score (nSPS) is 12.6. The van der Waals surface area contributed by atoms with E-state index in [0.717, 1.165) is 50.4 Å². The molecule has 0 amide bonds. The van der Waals surface area contributed by atoms with Crippen molar-refractivity contribution in [3.8, 4) is 0 Å². The standard InChI is InChI=1S/C20H14N4.C9H11NO2/c1-2-14-10-16-5-6-18(23-16)12-20-8-7-19(24-20)11-17-4-3-15(22-17)9-13(1)21-14;10-8(9(11)12)6-7-4-2-1-3-5-7/h1-12,21-22H;1-5,8H,6,10H2,(H,11,12). The summed E-state index contributed by atoms with van der Waals surface area (Å²) in [5, 5.41) is 8.52. The SMILES string of the molecule is C1=Cc2cc3ccc(cc4ccc(cc5nc(cc1n2)C=C5)[nH]4)[nH]3.NC(Cc1ccccc1)C(=O)O. The van der Waals surface area contributed by atoms with Crippen LogP contribution in [0.4, 0.5) is 0 Å². The lowest BCUT2D eigenvalue weighted by Crippen LogP contribution is -2.32. The molecule has 1 aromatic carbocycles. The minimum atomic E-state index is -0.959. The first-order valence-corrected chi connectivity index (χ1v) is 11.6. The van der Waals surface area contributed by atoms with E-state index in [-0.39, 0.29) is 0 Å². The van der Waals surface area contributed by atoms with Gasteiger partial charge in [-0.3, -0.25) is 4.79 Å². The predicted octanol–water partition coefficient (Wildman–Crippen LogP) is 5.30. The van der Waals surface area contributed by atoms with Crippen LogP contribution in [0.1, 0.15) is 28.3 Å². The zero-order valence-corrected chi connectivity index (χ0v) is 19.4. The number of carboxylic acids is 1. The minimum Gasteiger partial charge on any atom is -0.480 e. The maximum atomic E-state index is 10.4. The smallest absolute Gasteiger partial charge is 0.320 e. The molecule has 1 atom stereocenters. The lowest BCUT2D eigenvalue weighted by Gasteiger charge is -2.04. The highest BCUT2D eigenvalue weighted by atomic mass is 16.4. The molecule has 2 aliphatic heterocycles. The molecule has 8 bridgehead atoms. The van der Waals surface area contributed by atoms with Crippen molar-refractivity contribution in [1.82, 2.24) is 19.9 Å². The summed E-state index contributed by atoms with van der Waals surface area (Å²) in [5.74, 6) is -0.959. The van der Waals surface area contributed by atoms with Crippen LogP contribution in [-0.2, 0) is 11.2 Å². The van der Waals surface area contributed by atoms with Gasteiger partial charge < -0.3 is 20.8 Å². The number of fused-ring (bicyclic) bond motifs is 8. The van der Waals surface area contributed by atoms with Crippen molar-refractivity contribution < 1.29 is 9.90 Å². The van der Waals surface area contributed by atoms with E-state index >= 15 is 0 Å². The van der Waals surface area contributed by atoms with E-state index in [4.69, 9.17) is 10.8 Å². The van der Waals surface area contributed by atoms with E-state index in [2.05, 4.69) is 50.3 Å². The zero-order valence-electron chi connectivity index (χ0n) is 19.4. The molecule has 0 aliphatic carbocycles. The van der Waals surface area contributed by atoms with Gasteiger partial charge in [0, 0.05) is 22.1 Å². The summed E-state index contributed by atoms with van der Waals surface area (Å²) in [6, 6.07) is 24.9. The second-order valence-electron chi connectivity index (χ2n) is 8.54. The first kappa shape index (κ1) is 23.0. The van der Waals surface area contributed by atoms with Gasteiger partial charge >= 0.3 is 5.97 Å². The predicted molar refractivity (Wildman–Crippen MR) is 145 cm³/mol. The van der Waals surface area contributed by atoms with E-state index in [1.165, 1.54) is 0 Å². The van der Waals surface area contributed by atoms with Gasteiger partial charge in [-0.2, -0.15) is 0 Å². The quantitative estimate of drug-likeness (QED) is 0.277. The highest BCUT2D eigenvalue weighted by Gasteiger charge is 2.11. The van der Waals surface area contributed by atoms with Crippen LogP contribution in [0.25, 0.3) is 46.4 Å². The van der Waals surface area contributed by atoms with E-state index < -0.39 is 12.0 Å². The number of nitrogens with zero attached hydrogens (tertiary/aromatic N) is 2. The van der Waals surface area contributed by atoms with Crippen LogP contribution in [0.5, 0.6) is 0 Å². The van der Waals surface area contributed by atoms with Crippen LogP contribution in [0.3, 0.4) is 0 Å². The van der Waals surface area contributed by atoms with E-state index in [1.54, 1.807) is 0 Å². The number of benzene rings is 1. The van der Waals surface area contributed by atoms with Crippen LogP contribution in [0.15, 0.2) is 78.9 Å². The van der Waals surface area contributed by atoms with E-state index in [9.17, 15) is 4.79 Å². The van der Waals surface area contributed by atoms with Crippen LogP contribution < -0.4 is 5.73 Å². The van der Waals surface area contributed by atoms with Gasteiger partial charge in [-0.1, -0.05) is 30.3 Å². The van der Waals surface area contributed by atoms with Crippen LogP contribution in [0.2, 0.25) is 0 Å². The van der Waals surface area contributed by atoms with E-state index in [1.807, 2.05) is 72.8 Å². The third-order valence-corrected chi connectivity index (χ3v) is 5.66. The molecule has 0 saturated carbocycles. The van der Waals surface area contributed by atoms with Crippen molar-refractivity contribution in [2.24, 2.45) is 5.73 Å². The molecule has 3 aromatic heterocycles. The lowest BCUT2D eigenvalue weighted by atomic mass is 10.1. The number of carboxylic acid groups (broad SMARTS) is 1. The van der Waals surface area contributed by atoms with Crippen molar-refractivity contribution in [1.29, 1.82) is 0 Å².